The van der Waals surface area contributed by atoms with Crippen LogP contribution in [0.5, 0.6) is 0 Å². The van der Waals surface area contributed by atoms with Crippen LogP contribution in [0, 0.1) is 6.92 Å². The molecule has 0 atom stereocenters. The molecule has 20 heavy (non-hydrogen) atoms. The van der Waals surface area contributed by atoms with Crippen molar-refractivity contribution in [2.24, 2.45) is 0 Å². The summed E-state index contributed by atoms with van der Waals surface area (Å²) in [7, 11) is 0. The molecule has 0 unspecified atom stereocenters. The van der Waals surface area contributed by atoms with Crippen LogP contribution in [0.1, 0.15) is 15.9 Å². The van der Waals surface area contributed by atoms with Crippen LogP contribution in [-0.2, 0) is 0 Å². The minimum Gasteiger partial charge on any atom is -0.321 e. The molecule has 3 rings (SSSR count). The summed E-state index contributed by atoms with van der Waals surface area (Å²) in [5.74, 6) is -0.209. The lowest BCUT2D eigenvalue weighted by molar-refractivity contribution is 0.102. The van der Waals surface area contributed by atoms with Crippen LogP contribution in [0.25, 0.3) is 5.52 Å². The van der Waals surface area contributed by atoms with Gasteiger partial charge in [0.15, 0.2) is 0 Å². The Kier molecular flexibility index (Phi) is 3.23. The summed E-state index contributed by atoms with van der Waals surface area (Å²) in [5.41, 5.74) is 2.98. The Bertz CT molecular complexity index is 797. The van der Waals surface area contributed by atoms with E-state index in [1.807, 2.05) is 25.1 Å². The maximum Gasteiger partial charge on any atom is 0.259 e. The number of hydrogen-bond donors (Lipinski definition) is 1. The molecule has 0 bridgehead atoms. The molecule has 0 radical (unpaired) electrons. The molecule has 5 nitrogen and oxygen atoms in total. The number of nitrogens with one attached hydrogen (secondary N) is 1. The third-order valence-electron chi connectivity index (χ3n) is 2.94. The second kappa shape index (κ2) is 5.05. The Morgan fingerprint density at radius 3 is 3.05 bits per heavy atom. The number of aromatic nitrogens is 3. The number of fused-ring (bicyclic) bond motifs is 1. The zero-order chi connectivity index (χ0) is 14.1. The Morgan fingerprint density at radius 1 is 1.35 bits per heavy atom. The van der Waals surface area contributed by atoms with Crippen molar-refractivity contribution in [1.82, 2.24) is 14.6 Å². The van der Waals surface area contributed by atoms with E-state index >= 15 is 0 Å². The lowest BCUT2D eigenvalue weighted by Crippen LogP contribution is -2.12. The number of amides is 1. The second-order valence-corrected chi connectivity index (χ2v) is 5.26. The monoisotopic (exact) mass is 330 g/mol. The Labute approximate surface area is 123 Å². The van der Waals surface area contributed by atoms with Crippen molar-refractivity contribution in [3.05, 3.63) is 58.6 Å². The van der Waals surface area contributed by atoms with Gasteiger partial charge in [0.2, 0.25) is 0 Å². The molecule has 0 aliphatic rings. The maximum absolute atomic E-state index is 12.3. The van der Waals surface area contributed by atoms with Crippen molar-refractivity contribution in [2.75, 3.05) is 5.32 Å². The van der Waals surface area contributed by atoms with Crippen LogP contribution in [0.2, 0.25) is 0 Å². The largest absolute Gasteiger partial charge is 0.321 e. The molecule has 3 aromatic rings. The zero-order valence-electron chi connectivity index (χ0n) is 10.7. The molecule has 1 amide bonds. The molecule has 0 saturated carbocycles. The molecule has 0 spiro atoms. The zero-order valence-corrected chi connectivity index (χ0v) is 12.3. The fourth-order valence-electron chi connectivity index (χ4n) is 1.93. The molecule has 0 saturated heterocycles. The van der Waals surface area contributed by atoms with Gasteiger partial charge in [-0.15, -0.1) is 0 Å². The number of carbonyl (C=O) groups excluding carboxylic acids is 1. The topological polar surface area (TPSA) is 59.3 Å². The first-order valence-corrected chi connectivity index (χ1v) is 6.79. The number of carbonyl (C=O) groups is 1. The summed E-state index contributed by atoms with van der Waals surface area (Å²) in [4.78, 5) is 16.4. The first-order valence-electron chi connectivity index (χ1n) is 6.00. The van der Waals surface area contributed by atoms with Crippen LogP contribution in [0.4, 0.5) is 5.69 Å². The molecule has 2 aromatic heterocycles. The Balaban J connectivity index is 1.95. The highest BCUT2D eigenvalue weighted by atomic mass is 79.9. The second-order valence-electron chi connectivity index (χ2n) is 4.40. The van der Waals surface area contributed by atoms with Crippen LogP contribution >= 0.6 is 15.9 Å². The van der Waals surface area contributed by atoms with Crippen LogP contribution in [-0.4, -0.2) is 20.5 Å². The summed E-state index contributed by atoms with van der Waals surface area (Å²) in [6.07, 6.45) is 6.48. The molecule has 0 fully saturated rings. The van der Waals surface area contributed by atoms with Gasteiger partial charge in [0.1, 0.15) is 0 Å². The van der Waals surface area contributed by atoms with Gasteiger partial charge in [-0.05, 0) is 40.5 Å². The van der Waals surface area contributed by atoms with Gasteiger partial charge in [-0.1, -0.05) is 6.07 Å². The summed E-state index contributed by atoms with van der Waals surface area (Å²) in [6.45, 7) is 1.97. The van der Waals surface area contributed by atoms with Gasteiger partial charge in [0.25, 0.3) is 5.91 Å². The number of nitrogens with zero attached hydrogens (tertiary/aromatic N) is 3. The maximum atomic E-state index is 12.3. The smallest absolute Gasteiger partial charge is 0.259 e. The van der Waals surface area contributed by atoms with Gasteiger partial charge in [-0.25, -0.2) is 4.52 Å². The predicted octanol–water partition coefficient (Wildman–Crippen LogP) is 3.05. The number of rotatable bonds is 2. The number of hydrogen-bond acceptors (Lipinski definition) is 3. The average Bonchev–Trinajstić information content (AvgIpc) is 2.87. The molecule has 2 heterocycles. The van der Waals surface area contributed by atoms with E-state index in [4.69, 9.17) is 0 Å². The van der Waals surface area contributed by atoms with Crippen LogP contribution < -0.4 is 5.32 Å². The first-order chi connectivity index (χ1) is 9.65. The van der Waals surface area contributed by atoms with E-state index in [0.717, 1.165) is 15.7 Å². The first kappa shape index (κ1) is 12.8. The highest BCUT2D eigenvalue weighted by Gasteiger charge is 2.14. The molecule has 100 valence electrons. The van der Waals surface area contributed by atoms with Gasteiger partial charge >= 0.3 is 0 Å². The van der Waals surface area contributed by atoms with E-state index in [9.17, 15) is 4.79 Å². The molecule has 6 heteroatoms. The molecule has 0 aliphatic heterocycles. The number of halogens is 1. The minimum absolute atomic E-state index is 0.209. The van der Waals surface area contributed by atoms with Gasteiger partial charge in [-0.3, -0.25) is 9.78 Å². The van der Waals surface area contributed by atoms with Crippen LogP contribution in [0.15, 0.2) is 47.5 Å². The standard InChI is InChI=1S/C14H11BrN4O/c1-9-2-3-11(15)12(6-9)18-14(20)10-7-17-19-5-4-16-8-13(10)19/h2-8H,1H3,(H,18,20). The minimum atomic E-state index is -0.209. The number of benzene rings is 1. The van der Waals surface area contributed by atoms with Crippen molar-refractivity contribution in [2.45, 2.75) is 6.92 Å². The fourth-order valence-corrected chi connectivity index (χ4v) is 2.28. The molecule has 1 aromatic carbocycles. The number of anilines is 1. The van der Waals surface area contributed by atoms with Gasteiger partial charge in [0.05, 0.1) is 29.2 Å². The third-order valence-corrected chi connectivity index (χ3v) is 3.63. The molecular weight excluding hydrogens is 320 g/mol. The van der Waals surface area contributed by atoms with E-state index in [1.54, 1.807) is 23.1 Å². The quantitative estimate of drug-likeness (QED) is 0.785. The molecule has 0 aliphatic carbocycles. The fraction of sp³-hybridized carbons (Fsp3) is 0.0714. The predicted molar refractivity (Wildman–Crippen MR) is 79.8 cm³/mol. The van der Waals surface area contributed by atoms with Crippen LogP contribution in [0.3, 0.4) is 0 Å². The van der Waals surface area contributed by atoms with E-state index in [-0.39, 0.29) is 5.91 Å². The highest BCUT2D eigenvalue weighted by molar-refractivity contribution is 9.10. The summed E-state index contributed by atoms with van der Waals surface area (Å²) in [6, 6.07) is 5.79. The van der Waals surface area contributed by atoms with Gasteiger partial charge in [-0.2, -0.15) is 5.10 Å². The van der Waals surface area contributed by atoms with E-state index in [0.29, 0.717) is 11.1 Å². The SMILES string of the molecule is Cc1ccc(Br)c(NC(=O)c2cnn3ccncc23)c1. The average molecular weight is 331 g/mol. The van der Waals surface area contributed by atoms with Crippen molar-refractivity contribution >= 4 is 33.0 Å². The van der Waals surface area contributed by atoms with Gasteiger partial charge in [0, 0.05) is 16.9 Å². The highest BCUT2D eigenvalue weighted by Crippen LogP contribution is 2.24. The van der Waals surface area contributed by atoms with Crippen molar-refractivity contribution in [1.29, 1.82) is 0 Å². The third kappa shape index (κ3) is 2.30. The lowest BCUT2D eigenvalue weighted by atomic mass is 10.2. The van der Waals surface area contributed by atoms with Crippen molar-refractivity contribution < 1.29 is 4.79 Å². The molecule has 1 N–H and O–H groups in total. The van der Waals surface area contributed by atoms with E-state index in [1.165, 1.54) is 6.20 Å². The Morgan fingerprint density at radius 2 is 2.20 bits per heavy atom. The number of aryl methyl sites for hydroxylation is 1. The summed E-state index contributed by atoms with van der Waals surface area (Å²) < 4.78 is 2.46. The van der Waals surface area contributed by atoms with E-state index < -0.39 is 0 Å². The normalized spacial score (nSPS) is 10.7. The lowest BCUT2D eigenvalue weighted by Gasteiger charge is -2.07. The van der Waals surface area contributed by atoms with Crippen molar-refractivity contribution in [3.8, 4) is 0 Å². The van der Waals surface area contributed by atoms with E-state index in [2.05, 4.69) is 31.3 Å². The molecular formula is C14H11BrN4O. The Hall–Kier alpha value is -2.21. The summed E-state index contributed by atoms with van der Waals surface area (Å²) in [5, 5.41) is 7.00. The van der Waals surface area contributed by atoms with Crippen molar-refractivity contribution in [3.63, 3.8) is 0 Å². The van der Waals surface area contributed by atoms with Gasteiger partial charge < -0.3 is 5.32 Å². The summed E-state index contributed by atoms with van der Waals surface area (Å²) >= 11 is 3.42.